The molecule has 112 valence electrons. The van der Waals surface area contributed by atoms with Crippen molar-refractivity contribution in [2.75, 3.05) is 6.54 Å². The molecule has 1 atom stereocenters. The zero-order valence-corrected chi connectivity index (χ0v) is 13.4. The molecular formula is C18H29NO. The molecule has 1 aliphatic rings. The predicted octanol–water partition coefficient (Wildman–Crippen LogP) is 3.88. The second-order valence-electron chi connectivity index (χ2n) is 7.55. The zero-order valence-electron chi connectivity index (χ0n) is 13.4. The van der Waals surface area contributed by atoms with Crippen molar-refractivity contribution in [3.8, 4) is 0 Å². The summed E-state index contributed by atoms with van der Waals surface area (Å²) in [7, 11) is 0. The minimum Gasteiger partial charge on any atom is -0.388 e. The van der Waals surface area contributed by atoms with Gasteiger partial charge in [-0.15, -0.1) is 0 Å². The number of aryl methyl sites for hydroxylation is 2. The largest absolute Gasteiger partial charge is 0.388 e. The van der Waals surface area contributed by atoms with E-state index >= 15 is 0 Å². The zero-order chi connectivity index (χ0) is 15.0. The third kappa shape index (κ3) is 3.07. The number of rotatable bonds is 3. The molecule has 0 spiro atoms. The number of aliphatic hydroxyl groups excluding tert-OH is 1. The molecule has 1 aliphatic carbocycles. The van der Waals surface area contributed by atoms with Gasteiger partial charge in [0.1, 0.15) is 0 Å². The highest BCUT2D eigenvalue weighted by atomic mass is 16.3. The minimum absolute atomic E-state index is 0.143. The maximum absolute atomic E-state index is 10.9. The molecule has 1 saturated carbocycles. The van der Waals surface area contributed by atoms with Gasteiger partial charge in [-0.05, 0) is 50.5 Å². The van der Waals surface area contributed by atoms with Crippen LogP contribution in [0.2, 0.25) is 0 Å². The van der Waals surface area contributed by atoms with Crippen LogP contribution in [0.3, 0.4) is 0 Å². The van der Waals surface area contributed by atoms with Gasteiger partial charge in [-0.25, -0.2) is 0 Å². The van der Waals surface area contributed by atoms with Crippen molar-refractivity contribution in [1.29, 1.82) is 0 Å². The molecule has 0 heterocycles. The van der Waals surface area contributed by atoms with E-state index < -0.39 is 6.10 Å². The van der Waals surface area contributed by atoms with Crippen LogP contribution in [0, 0.1) is 24.7 Å². The van der Waals surface area contributed by atoms with Crippen LogP contribution >= 0.6 is 0 Å². The van der Waals surface area contributed by atoms with Crippen molar-refractivity contribution in [3.63, 3.8) is 0 Å². The van der Waals surface area contributed by atoms with Crippen molar-refractivity contribution in [1.82, 2.24) is 0 Å². The Morgan fingerprint density at radius 1 is 1.05 bits per heavy atom. The van der Waals surface area contributed by atoms with Gasteiger partial charge in [-0.2, -0.15) is 0 Å². The normalized spacial score (nSPS) is 22.5. The molecule has 0 bridgehead atoms. The Kier molecular flexibility index (Phi) is 4.27. The Labute approximate surface area is 123 Å². The molecule has 2 nitrogen and oxygen atoms in total. The van der Waals surface area contributed by atoms with Gasteiger partial charge in [0.2, 0.25) is 0 Å². The van der Waals surface area contributed by atoms with Gasteiger partial charge in [0.25, 0.3) is 0 Å². The number of hydrogen-bond donors (Lipinski definition) is 2. The SMILES string of the molecule is Cc1cc(C)cc(C(O)C2(CN)CCC(C)(C)CC2)c1. The summed E-state index contributed by atoms with van der Waals surface area (Å²) in [4.78, 5) is 0. The van der Waals surface area contributed by atoms with E-state index in [1.807, 2.05) is 0 Å². The summed E-state index contributed by atoms with van der Waals surface area (Å²) in [6, 6.07) is 6.36. The van der Waals surface area contributed by atoms with Crippen molar-refractivity contribution in [3.05, 3.63) is 34.9 Å². The van der Waals surface area contributed by atoms with Crippen LogP contribution in [-0.2, 0) is 0 Å². The quantitative estimate of drug-likeness (QED) is 0.879. The molecule has 1 fully saturated rings. The lowest BCUT2D eigenvalue weighted by atomic mass is 9.62. The van der Waals surface area contributed by atoms with Crippen LogP contribution in [0.15, 0.2) is 18.2 Å². The summed E-state index contributed by atoms with van der Waals surface area (Å²) in [5, 5.41) is 10.9. The molecule has 0 radical (unpaired) electrons. The standard InChI is InChI=1S/C18H29NO/c1-13-9-14(2)11-15(10-13)16(20)18(12-19)7-5-17(3,4)6-8-18/h9-11,16,20H,5-8,12,19H2,1-4H3. The van der Waals surface area contributed by atoms with E-state index in [2.05, 4.69) is 45.9 Å². The van der Waals surface area contributed by atoms with E-state index in [4.69, 9.17) is 5.73 Å². The summed E-state index contributed by atoms with van der Waals surface area (Å²) in [6.07, 6.45) is 3.88. The van der Waals surface area contributed by atoms with Crippen LogP contribution in [0.1, 0.15) is 62.3 Å². The monoisotopic (exact) mass is 275 g/mol. The first kappa shape index (κ1) is 15.5. The van der Waals surface area contributed by atoms with E-state index in [-0.39, 0.29) is 5.41 Å². The Morgan fingerprint density at radius 2 is 1.55 bits per heavy atom. The third-order valence-corrected chi connectivity index (χ3v) is 5.15. The highest BCUT2D eigenvalue weighted by Gasteiger charge is 2.43. The fourth-order valence-corrected chi connectivity index (χ4v) is 3.54. The van der Waals surface area contributed by atoms with Gasteiger partial charge in [0.05, 0.1) is 6.10 Å². The molecule has 0 aromatic heterocycles. The molecule has 2 rings (SSSR count). The number of hydrogen-bond acceptors (Lipinski definition) is 2. The molecule has 3 N–H and O–H groups in total. The summed E-state index contributed by atoms with van der Waals surface area (Å²) in [5.41, 5.74) is 9.78. The van der Waals surface area contributed by atoms with E-state index in [1.54, 1.807) is 0 Å². The number of nitrogens with two attached hydrogens (primary N) is 1. The van der Waals surface area contributed by atoms with Crippen molar-refractivity contribution < 1.29 is 5.11 Å². The van der Waals surface area contributed by atoms with E-state index in [9.17, 15) is 5.11 Å². The van der Waals surface area contributed by atoms with Crippen molar-refractivity contribution in [2.24, 2.45) is 16.6 Å². The number of benzene rings is 1. The number of aliphatic hydroxyl groups is 1. The van der Waals surface area contributed by atoms with Crippen LogP contribution in [0.25, 0.3) is 0 Å². The Bertz CT molecular complexity index is 448. The Morgan fingerprint density at radius 3 is 2.00 bits per heavy atom. The highest BCUT2D eigenvalue weighted by molar-refractivity contribution is 5.31. The minimum atomic E-state index is -0.442. The molecule has 1 unspecified atom stereocenters. The first-order valence-corrected chi connectivity index (χ1v) is 7.74. The van der Waals surface area contributed by atoms with Gasteiger partial charge in [-0.1, -0.05) is 43.2 Å². The van der Waals surface area contributed by atoms with E-state index in [0.29, 0.717) is 12.0 Å². The highest BCUT2D eigenvalue weighted by Crippen LogP contribution is 2.50. The second-order valence-corrected chi connectivity index (χ2v) is 7.55. The molecule has 0 saturated heterocycles. The topological polar surface area (TPSA) is 46.2 Å². The molecular weight excluding hydrogens is 246 g/mol. The third-order valence-electron chi connectivity index (χ3n) is 5.15. The molecule has 2 heteroatoms. The van der Waals surface area contributed by atoms with Gasteiger partial charge in [0.15, 0.2) is 0 Å². The lowest BCUT2D eigenvalue weighted by Gasteiger charge is -2.46. The average Bonchev–Trinajstić information content (AvgIpc) is 2.37. The van der Waals surface area contributed by atoms with Gasteiger partial charge in [-0.3, -0.25) is 0 Å². The first-order chi connectivity index (χ1) is 9.28. The van der Waals surface area contributed by atoms with Gasteiger partial charge >= 0.3 is 0 Å². The maximum atomic E-state index is 10.9. The molecule has 1 aromatic carbocycles. The van der Waals surface area contributed by atoms with Crippen LogP contribution in [0.4, 0.5) is 0 Å². The van der Waals surface area contributed by atoms with Crippen molar-refractivity contribution >= 4 is 0 Å². The fourth-order valence-electron chi connectivity index (χ4n) is 3.54. The molecule has 1 aromatic rings. The summed E-state index contributed by atoms with van der Waals surface area (Å²) in [5.74, 6) is 0. The maximum Gasteiger partial charge on any atom is 0.0858 e. The first-order valence-electron chi connectivity index (χ1n) is 7.74. The smallest absolute Gasteiger partial charge is 0.0858 e. The second kappa shape index (κ2) is 5.50. The van der Waals surface area contributed by atoms with Gasteiger partial charge in [0, 0.05) is 12.0 Å². The summed E-state index contributed by atoms with van der Waals surface area (Å²) in [6.45, 7) is 9.37. The summed E-state index contributed by atoms with van der Waals surface area (Å²) >= 11 is 0. The Balaban J connectivity index is 2.27. The Hall–Kier alpha value is -0.860. The molecule has 0 aliphatic heterocycles. The lowest BCUT2D eigenvalue weighted by molar-refractivity contribution is -0.0236. The van der Waals surface area contributed by atoms with Gasteiger partial charge < -0.3 is 10.8 Å². The predicted molar refractivity (Wildman–Crippen MR) is 84.6 cm³/mol. The molecule has 20 heavy (non-hydrogen) atoms. The molecule has 0 amide bonds. The van der Waals surface area contributed by atoms with E-state index in [1.165, 1.54) is 11.1 Å². The van der Waals surface area contributed by atoms with Crippen molar-refractivity contribution in [2.45, 2.75) is 59.5 Å². The van der Waals surface area contributed by atoms with Crippen LogP contribution in [0.5, 0.6) is 0 Å². The van der Waals surface area contributed by atoms with Crippen LogP contribution in [-0.4, -0.2) is 11.7 Å². The lowest BCUT2D eigenvalue weighted by Crippen LogP contribution is -2.42. The van der Waals surface area contributed by atoms with E-state index in [0.717, 1.165) is 31.2 Å². The average molecular weight is 275 g/mol. The van der Waals surface area contributed by atoms with Crippen LogP contribution < -0.4 is 5.73 Å². The fraction of sp³-hybridized carbons (Fsp3) is 0.667. The summed E-state index contributed by atoms with van der Waals surface area (Å²) < 4.78 is 0.